The zero-order valence-electron chi connectivity index (χ0n) is 31.4. The first-order chi connectivity index (χ1) is 24.1. The van der Waals surface area contributed by atoms with Gasteiger partial charge in [-0.2, -0.15) is 12.1 Å². The smallest absolute Gasteiger partial charge is 1.00 e. The summed E-state index contributed by atoms with van der Waals surface area (Å²) in [6.45, 7) is 11.2. The summed E-state index contributed by atoms with van der Waals surface area (Å²) in [6.07, 6.45) is 16.6. The topological polar surface area (TPSA) is 0 Å². The normalized spacial score (nSPS) is 14.1. The van der Waals surface area contributed by atoms with Gasteiger partial charge in [0.25, 0.3) is 0 Å². The molecule has 0 atom stereocenters. The third kappa shape index (κ3) is 10.8. The molecule has 0 spiro atoms. The van der Waals surface area contributed by atoms with Crippen molar-refractivity contribution in [3.63, 3.8) is 0 Å². The van der Waals surface area contributed by atoms with E-state index in [0.29, 0.717) is 0 Å². The van der Waals surface area contributed by atoms with Gasteiger partial charge in [0.05, 0.1) is 0 Å². The SMILES string of the molecule is CCCc1ccc(-c2cccc3[cH-]c(C4CCCC4)cc23)cc1.CCCc1ccc(-c2cccc3[cH-]c(C4CCCC4)cc23)cc1.[CH2-]C[CH2-].[Cl-].[Cl-].[Zr+2]. The molecule has 8 rings (SSSR count). The molecule has 0 saturated heterocycles. The number of halogens is 2. The first-order valence-corrected chi connectivity index (χ1v) is 19.3. The zero-order chi connectivity index (χ0) is 34.0. The molecule has 0 amide bonds. The van der Waals surface area contributed by atoms with Crippen LogP contribution in [-0.2, 0) is 39.0 Å². The summed E-state index contributed by atoms with van der Waals surface area (Å²) in [5.41, 5.74) is 11.5. The molecule has 0 heterocycles. The Labute approximate surface area is 346 Å². The van der Waals surface area contributed by atoms with Gasteiger partial charge >= 0.3 is 26.2 Å². The molecule has 274 valence electrons. The van der Waals surface area contributed by atoms with Crippen molar-refractivity contribution in [3.8, 4) is 22.3 Å². The second-order valence-electron chi connectivity index (χ2n) is 14.4. The molecule has 0 nitrogen and oxygen atoms in total. The molecular formula is C49H56Cl2Zr-4. The quantitative estimate of drug-likeness (QED) is 0.135. The molecule has 0 unspecified atom stereocenters. The summed E-state index contributed by atoms with van der Waals surface area (Å²) in [5, 5.41) is 5.67. The van der Waals surface area contributed by atoms with E-state index in [4.69, 9.17) is 0 Å². The number of benzene rings is 4. The zero-order valence-corrected chi connectivity index (χ0v) is 35.4. The minimum atomic E-state index is 0. The first-order valence-electron chi connectivity index (χ1n) is 19.3. The van der Waals surface area contributed by atoms with E-state index < -0.39 is 0 Å². The summed E-state index contributed by atoms with van der Waals surface area (Å²) in [7, 11) is 0. The van der Waals surface area contributed by atoms with Crippen molar-refractivity contribution in [1.29, 1.82) is 0 Å². The molecule has 0 aromatic heterocycles. The molecule has 0 bridgehead atoms. The van der Waals surface area contributed by atoms with Gasteiger partial charge in [0, 0.05) is 0 Å². The Balaban J connectivity index is 0.000000248. The van der Waals surface area contributed by atoms with Gasteiger partial charge in [0.2, 0.25) is 0 Å². The van der Waals surface area contributed by atoms with Gasteiger partial charge in [-0.3, -0.25) is 0 Å². The number of rotatable bonds is 8. The van der Waals surface area contributed by atoms with Gasteiger partial charge in [0.15, 0.2) is 0 Å². The van der Waals surface area contributed by atoms with Crippen molar-refractivity contribution < 1.29 is 51.0 Å². The van der Waals surface area contributed by atoms with Crippen molar-refractivity contribution in [3.05, 3.63) is 145 Å². The van der Waals surface area contributed by atoms with Crippen molar-refractivity contribution in [2.45, 2.75) is 109 Å². The standard InChI is InChI=1S/2C23H25.C3H6.2ClH.Zr/c2*1-2-6-17-11-13-19(14-12-17)22-10-5-9-20-15-21(16-23(20)22)18-7-3-4-8-18;1-3-2;;;/h2*5,9-16,18H,2-4,6-8H2,1H3;1-3H2;2*1H;/q2*-1;-2;;;+2/p-2. The van der Waals surface area contributed by atoms with Gasteiger partial charge in [-0.25, -0.2) is 0 Å². The van der Waals surface area contributed by atoms with Crippen LogP contribution in [0.3, 0.4) is 0 Å². The van der Waals surface area contributed by atoms with E-state index in [9.17, 15) is 0 Å². The van der Waals surface area contributed by atoms with Crippen LogP contribution in [-0.4, -0.2) is 0 Å². The molecular weight excluding hydrogens is 751 g/mol. The predicted octanol–water partition coefficient (Wildman–Crippen LogP) is 8.72. The van der Waals surface area contributed by atoms with Crippen molar-refractivity contribution >= 4 is 21.5 Å². The molecule has 6 aromatic carbocycles. The largest absolute Gasteiger partial charge is 2.00 e. The second kappa shape index (κ2) is 22.1. The first kappa shape index (κ1) is 44.0. The molecule has 3 heteroatoms. The Hall–Kier alpha value is -2.44. The Bertz CT molecular complexity index is 1740. The molecule has 2 saturated carbocycles. The van der Waals surface area contributed by atoms with Crippen LogP contribution in [0.2, 0.25) is 0 Å². The van der Waals surface area contributed by atoms with Crippen LogP contribution >= 0.6 is 0 Å². The Kier molecular flexibility index (Phi) is 18.7. The fourth-order valence-corrected chi connectivity index (χ4v) is 8.29. The summed E-state index contributed by atoms with van der Waals surface area (Å²) >= 11 is 0. The van der Waals surface area contributed by atoms with Gasteiger partial charge in [-0.05, 0) is 72.6 Å². The van der Waals surface area contributed by atoms with E-state index in [2.05, 4.69) is 137 Å². The summed E-state index contributed by atoms with van der Waals surface area (Å²) < 4.78 is 0. The third-order valence-corrected chi connectivity index (χ3v) is 10.8. The minimum Gasteiger partial charge on any atom is -1.00 e. The number of fused-ring (bicyclic) bond motifs is 2. The average Bonchev–Trinajstić information content (AvgIpc) is 3.96. The maximum atomic E-state index is 3.38. The summed E-state index contributed by atoms with van der Waals surface area (Å²) in [4.78, 5) is 0. The molecule has 0 aliphatic heterocycles. The Morgan fingerprint density at radius 1 is 0.538 bits per heavy atom. The molecule has 0 radical (unpaired) electrons. The van der Waals surface area contributed by atoms with Crippen LogP contribution in [0.4, 0.5) is 0 Å². The minimum absolute atomic E-state index is 0. The maximum absolute atomic E-state index is 3.38. The van der Waals surface area contributed by atoms with E-state index in [1.165, 1.54) is 132 Å². The summed E-state index contributed by atoms with van der Waals surface area (Å²) in [5.74, 6) is 1.59. The van der Waals surface area contributed by atoms with Gasteiger partial charge < -0.3 is 45.1 Å². The number of hydrogen-bond donors (Lipinski definition) is 0. The van der Waals surface area contributed by atoms with Gasteiger partial charge in [-0.15, -0.1) is 69.1 Å². The monoisotopic (exact) mass is 804 g/mol. The van der Waals surface area contributed by atoms with Gasteiger partial charge in [-0.1, -0.05) is 124 Å². The predicted molar refractivity (Wildman–Crippen MR) is 216 cm³/mol. The molecule has 52 heavy (non-hydrogen) atoms. The number of hydrogen-bond acceptors (Lipinski definition) is 0. The van der Waals surface area contributed by atoms with E-state index in [1.807, 2.05) is 0 Å². The molecule has 2 aliphatic rings. The molecule has 6 aromatic rings. The fraction of sp³-hybridized carbons (Fsp3) is 0.347. The van der Waals surface area contributed by atoms with E-state index in [0.717, 1.165) is 18.3 Å². The Morgan fingerprint density at radius 2 is 0.885 bits per heavy atom. The van der Waals surface area contributed by atoms with Crippen molar-refractivity contribution in [2.75, 3.05) is 0 Å². The van der Waals surface area contributed by atoms with E-state index in [1.54, 1.807) is 11.1 Å². The van der Waals surface area contributed by atoms with Crippen LogP contribution in [0.15, 0.2) is 109 Å². The van der Waals surface area contributed by atoms with Crippen molar-refractivity contribution in [2.24, 2.45) is 0 Å². The van der Waals surface area contributed by atoms with Crippen LogP contribution in [0, 0.1) is 13.8 Å². The molecule has 2 fully saturated rings. The van der Waals surface area contributed by atoms with Crippen LogP contribution in [0.25, 0.3) is 43.8 Å². The maximum Gasteiger partial charge on any atom is 2.00 e. The van der Waals surface area contributed by atoms with E-state index in [-0.39, 0.29) is 51.0 Å². The van der Waals surface area contributed by atoms with Crippen LogP contribution in [0.5, 0.6) is 0 Å². The van der Waals surface area contributed by atoms with Crippen LogP contribution in [0.1, 0.15) is 119 Å². The van der Waals surface area contributed by atoms with Gasteiger partial charge in [0.1, 0.15) is 0 Å². The molecule has 0 N–H and O–H groups in total. The second-order valence-corrected chi connectivity index (χ2v) is 14.4. The number of aryl methyl sites for hydroxylation is 2. The Morgan fingerprint density at radius 3 is 1.21 bits per heavy atom. The molecule has 2 aliphatic carbocycles. The fourth-order valence-electron chi connectivity index (χ4n) is 8.29. The van der Waals surface area contributed by atoms with Crippen LogP contribution < -0.4 is 24.8 Å². The average molecular weight is 807 g/mol. The third-order valence-electron chi connectivity index (χ3n) is 10.8. The van der Waals surface area contributed by atoms with Crippen molar-refractivity contribution in [1.82, 2.24) is 0 Å². The van der Waals surface area contributed by atoms with E-state index >= 15 is 0 Å². The summed E-state index contributed by atoms with van der Waals surface area (Å²) in [6, 6.07) is 41.6.